The number of unbranched alkanes of at least 4 members (excludes halogenated alkanes) is 2. The van der Waals surface area contributed by atoms with E-state index in [0.717, 1.165) is 19.3 Å². The predicted molar refractivity (Wildman–Crippen MR) is 63.1 cm³/mol. The highest BCUT2D eigenvalue weighted by molar-refractivity contribution is 5.93. The van der Waals surface area contributed by atoms with Crippen LogP contribution in [0.3, 0.4) is 0 Å². The van der Waals surface area contributed by atoms with Crippen LogP contribution in [0.5, 0.6) is 0 Å². The molecule has 1 aromatic heterocycles. The summed E-state index contributed by atoms with van der Waals surface area (Å²) in [5.74, 6) is -0.0549. The van der Waals surface area contributed by atoms with Gasteiger partial charge in [-0.3, -0.25) is 4.79 Å². The molecule has 4 N–H and O–H groups in total. The second-order valence-corrected chi connectivity index (χ2v) is 3.86. The van der Waals surface area contributed by atoms with Crippen LogP contribution >= 0.6 is 0 Å². The molecule has 0 spiro atoms. The maximum atomic E-state index is 11.8. The molecule has 1 amide bonds. The minimum Gasteiger partial charge on any atom is -0.397 e. The van der Waals surface area contributed by atoms with Crippen molar-refractivity contribution in [1.29, 1.82) is 0 Å². The Morgan fingerprint density at radius 2 is 2.25 bits per heavy atom. The molecule has 0 fully saturated rings. The minimum atomic E-state index is -0.0549. The van der Waals surface area contributed by atoms with Gasteiger partial charge in [-0.05, 0) is 25.3 Å². The molecule has 0 saturated heterocycles. The molecule has 5 nitrogen and oxygen atoms in total. The molecular weight excluding hydrogens is 206 g/mol. The molecule has 5 heteroatoms. The maximum Gasteiger partial charge on any atom is 0.270 e. The smallest absolute Gasteiger partial charge is 0.270 e. The SMILES string of the molecule is CN(CCCCCO)C(=O)c1cc(N)c[nH]1. The number of aliphatic hydroxyl groups is 1. The molecule has 1 rings (SSSR count). The molecule has 0 bridgehead atoms. The molecule has 90 valence electrons. The Morgan fingerprint density at radius 3 is 2.81 bits per heavy atom. The number of carbonyl (C=O) groups is 1. The molecule has 0 aliphatic carbocycles. The van der Waals surface area contributed by atoms with Gasteiger partial charge >= 0.3 is 0 Å². The van der Waals surface area contributed by atoms with E-state index >= 15 is 0 Å². The average molecular weight is 225 g/mol. The van der Waals surface area contributed by atoms with Crippen molar-refractivity contribution < 1.29 is 9.90 Å². The number of nitrogens with two attached hydrogens (primary N) is 1. The summed E-state index contributed by atoms with van der Waals surface area (Å²) in [6.45, 7) is 0.905. The Hall–Kier alpha value is -1.49. The molecule has 0 aromatic carbocycles. The number of amides is 1. The Bertz CT molecular complexity index is 336. The largest absolute Gasteiger partial charge is 0.397 e. The van der Waals surface area contributed by atoms with Gasteiger partial charge in [-0.2, -0.15) is 0 Å². The monoisotopic (exact) mass is 225 g/mol. The third-order valence-electron chi connectivity index (χ3n) is 2.43. The molecule has 0 radical (unpaired) electrons. The lowest BCUT2D eigenvalue weighted by molar-refractivity contribution is 0.0787. The van der Waals surface area contributed by atoms with Gasteiger partial charge in [-0.15, -0.1) is 0 Å². The van der Waals surface area contributed by atoms with Crippen LogP contribution < -0.4 is 5.73 Å². The van der Waals surface area contributed by atoms with Crippen LogP contribution in [0.25, 0.3) is 0 Å². The summed E-state index contributed by atoms with van der Waals surface area (Å²) in [6, 6.07) is 1.63. The molecule has 16 heavy (non-hydrogen) atoms. The van der Waals surface area contributed by atoms with E-state index in [1.807, 2.05) is 0 Å². The van der Waals surface area contributed by atoms with Gasteiger partial charge < -0.3 is 20.7 Å². The van der Waals surface area contributed by atoms with E-state index < -0.39 is 0 Å². The molecule has 1 heterocycles. The molecule has 0 unspecified atom stereocenters. The zero-order valence-electron chi connectivity index (χ0n) is 9.57. The van der Waals surface area contributed by atoms with E-state index in [-0.39, 0.29) is 12.5 Å². The number of aromatic nitrogens is 1. The molecule has 0 saturated carbocycles. The van der Waals surface area contributed by atoms with Crippen LogP contribution in [0.4, 0.5) is 5.69 Å². The maximum absolute atomic E-state index is 11.8. The third kappa shape index (κ3) is 3.58. The van der Waals surface area contributed by atoms with Gasteiger partial charge in [0.1, 0.15) is 5.69 Å². The first-order valence-electron chi connectivity index (χ1n) is 5.45. The zero-order chi connectivity index (χ0) is 12.0. The number of anilines is 1. The van der Waals surface area contributed by atoms with Gasteiger partial charge in [0.05, 0.1) is 0 Å². The quantitative estimate of drug-likeness (QED) is 0.627. The van der Waals surface area contributed by atoms with E-state index in [2.05, 4.69) is 4.98 Å². The summed E-state index contributed by atoms with van der Waals surface area (Å²) in [7, 11) is 1.76. The third-order valence-corrected chi connectivity index (χ3v) is 2.43. The molecule has 0 atom stereocenters. The van der Waals surface area contributed by atoms with Gasteiger partial charge in [-0.1, -0.05) is 0 Å². The Kier molecular flexibility index (Phi) is 4.85. The topological polar surface area (TPSA) is 82.3 Å². The number of rotatable bonds is 6. The van der Waals surface area contributed by atoms with Gasteiger partial charge in [0.25, 0.3) is 5.91 Å². The molecule has 0 aliphatic rings. The summed E-state index contributed by atoms with van der Waals surface area (Å²) in [5.41, 5.74) is 6.61. The van der Waals surface area contributed by atoms with E-state index in [9.17, 15) is 4.79 Å². The van der Waals surface area contributed by atoms with Crippen LogP contribution in [0.15, 0.2) is 12.3 Å². The van der Waals surface area contributed by atoms with Crippen molar-refractivity contribution >= 4 is 11.6 Å². The Balaban J connectivity index is 2.36. The zero-order valence-corrected chi connectivity index (χ0v) is 9.57. The van der Waals surface area contributed by atoms with Crippen molar-refractivity contribution in [2.45, 2.75) is 19.3 Å². The number of nitrogens with zero attached hydrogens (tertiary/aromatic N) is 1. The minimum absolute atomic E-state index is 0.0549. The van der Waals surface area contributed by atoms with Crippen molar-refractivity contribution in [3.8, 4) is 0 Å². The van der Waals surface area contributed by atoms with Crippen molar-refractivity contribution in [3.05, 3.63) is 18.0 Å². The lowest BCUT2D eigenvalue weighted by atomic mass is 10.2. The summed E-state index contributed by atoms with van der Waals surface area (Å²) >= 11 is 0. The fourth-order valence-electron chi connectivity index (χ4n) is 1.48. The number of aliphatic hydroxyl groups excluding tert-OH is 1. The van der Waals surface area contributed by atoms with Crippen LogP contribution in [0.1, 0.15) is 29.8 Å². The predicted octanol–water partition coefficient (Wildman–Crippen LogP) is 0.831. The average Bonchev–Trinajstić information content (AvgIpc) is 2.70. The number of hydrogen-bond donors (Lipinski definition) is 3. The van der Waals surface area contributed by atoms with Crippen molar-refractivity contribution in [2.24, 2.45) is 0 Å². The second-order valence-electron chi connectivity index (χ2n) is 3.86. The highest BCUT2D eigenvalue weighted by Gasteiger charge is 2.12. The van der Waals surface area contributed by atoms with E-state index in [1.165, 1.54) is 0 Å². The first-order valence-corrected chi connectivity index (χ1v) is 5.45. The first-order chi connectivity index (χ1) is 7.65. The molecular formula is C11H19N3O2. The molecule has 0 aliphatic heterocycles. The number of nitrogen functional groups attached to an aromatic ring is 1. The number of hydrogen-bond acceptors (Lipinski definition) is 3. The van der Waals surface area contributed by atoms with Crippen molar-refractivity contribution in [1.82, 2.24) is 9.88 Å². The van der Waals surface area contributed by atoms with E-state index in [1.54, 1.807) is 24.2 Å². The molecule has 1 aromatic rings. The first kappa shape index (κ1) is 12.6. The van der Waals surface area contributed by atoms with Crippen LogP contribution in [-0.2, 0) is 0 Å². The lowest BCUT2D eigenvalue weighted by Crippen LogP contribution is -2.28. The summed E-state index contributed by atoms with van der Waals surface area (Å²) in [4.78, 5) is 16.3. The number of H-pyrrole nitrogens is 1. The number of carbonyl (C=O) groups excluding carboxylic acids is 1. The highest BCUT2D eigenvalue weighted by atomic mass is 16.2. The van der Waals surface area contributed by atoms with Crippen LogP contribution in [0, 0.1) is 0 Å². The van der Waals surface area contributed by atoms with E-state index in [4.69, 9.17) is 10.8 Å². The summed E-state index contributed by atoms with van der Waals surface area (Å²) in [5, 5.41) is 8.62. The lowest BCUT2D eigenvalue weighted by Gasteiger charge is -2.15. The van der Waals surface area contributed by atoms with Gasteiger partial charge in [0, 0.05) is 32.1 Å². The Morgan fingerprint density at radius 1 is 1.50 bits per heavy atom. The van der Waals surface area contributed by atoms with E-state index in [0.29, 0.717) is 17.9 Å². The summed E-state index contributed by atoms with van der Waals surface area (Å²) in [6.07, 6.45) is 4.23. The number of nitrogens with one attached hydrogen (secondary N) is 1. The van der Waals surface area contributed by atoms with Crippen molar-refractivity contribution in [3.63, 3.8) is 0 Å². The van der Waals surface area contributed by atoms with Crippen LogP contribution in [0.2, 0.25) is 0 Å². The standard InChI is InChI=1S/C11H19N3O2/c1-14(5-3-2-4-6-15)11(16)10-7-9(12)8-13-10/h7-8,13,15H,2-6,12H2,1H3. The van der Waals surface area contributed by atoms with Crippen LogP contribution in [-0.4, -0.2) is 41.1 Å². The fraction of sp³-hybridized carbons (Fsp3) is 0.545. The number of aromatic amines is 1. The fourth-order valence-corrected chi connectivity index (χ4v) is 1.48. The highest BCUT2D eigenvalue weighted by Crippen LogP contribution is 2.08. The normalized spacial score (nSPS) is 10.4. The van der Waals surface area contributed by atoms with Crippen molar-refractivity contribution in [2.75, 3.05) is 25.9 Å². The van der Waals surface area contributed by atoms with Gasteiger partial charge in [0.2, 0.25) is 0 Å². The Labute approximate surface area is 95.3 Å². The van der Waals surface area contributed by atoms with Gasteiger partial charge in [0.15, 0.2) is 0 Å². The van der Waals surface area contributed by atoms with Gasteiger partial charge in [-0.25, -0.2) is 0 Å². The second kappa shape index (κ2) is 6.17. The summed E-state index contributed by atoms with van der Waals surface area (Å²) < 4.78 is 0.